The van der Waals surface area contributed by atoms with Crippen LogP contribution in [0.5, 0.6) is 0 Å². The molecule has 0 aromatic rings. The van der Waals surface area contributed by atoms with E-state index in [-0.39, 0.29) is 0 Å². The summed E-state index contributed by atoms with van der Waals surface area (Å²) in [7, 11) is 2.37. The summed E-state index contributed by atoms with van der Waals surface area (Å²) in [6, 6.07) is 0. The highest BCUT2D eigenvalue weighted by Crippen LogP contribution is 2.37. The molecule has 2 aliphatic rings. The minimum Gasteiger partial charge on any atom is -0.316 e. The van der Waals surface area contributed by atoms with Crippen LogP contribution in [0, 0.1) is 17.3 Å². The number of nitrogens with one attached hydrogen (secondary N) is 1. The van der Waals surface area contributed by atoms with Gasteiger partial charge in [0.25, 0.3) is 0 Å². The van der Waals surface area contributed by atoms with Gasteiger partial charge in [0, 0.05) is 19.6 Å². The lowest BCUT2D eigenvalue weighted by Gasteiger charge is -2.41. The summed E-state index contributed by atoms with van der Waals surface area (Å²) in [6.07, 6.45) is 13.1. The van der Waals surface area contributed by atoms with Gasteiger partial charge in [-0.25, -0.2) is 0 Å². The average Bonchev–Trinajstić information content (AvgIpc) is 2.91. The Labute approximate surface area is 133 Å². The minimum atomic E-state index is 0.556. The molecule has 2 nitrogen and oxygen atoms in total. The van der Waals surface area contributed by atoms with E-state index in [1.54, 1.807) is 0 Å². The first-order valence-electron chi connectivity index (χ1n) is 9.49. The van der Waals surface area contributed by atoms with Crippen molar-refractivity contribution in [1.82, 2.24) is 10.2 Å². The summed E-state index contributed by atoms with van der Waals surface area (Å²) >= 11 is 0. The maximum atomic E-state index is 3.77. The lowest BCUT2D eigenvalue weighted by molar-refractivity contribution is 0.107. The molecule has 21 heavy (non-hydrogen) atoms. The standard InChI is InChI=1S/C19H38N2/c1-17(2)13-20-15-19(11-7-4-8-12-19)16-21(3)14-18-9-5-6-10-18/h17-18,20H,4-16H2,1-3H3. The van der Waals surface area contributed by atoms with Crippen molar-refractivity contribution < 1.29 is 0 Å². The fraction of sp³-hybridized carbons (Fsp3) is 1.00. The molecule has 2 saturated carbocycles. The van der Waals surface area contributed by atoms with Crippen LogP contribution in [0.25, 0.3) is 0 Å². The van der Waals surface area contributed by atoms with Crippen molar-refractivity contribution in [2.45, 2.75) is 71.6 Å². The van der Waals surface area contributed by atoms with Gasteiger partial charge < -0.3 is 10.2 Å². The quantitative estimate of drug-likeness (QED) is 0.718. The fourth-order valence-electron chi connectivity index (χ4n) is 4.59. The third kappa shape index (κ3) is 5.90. The molecule has 0 radical (unpaired) electrons. The van der Waals surface area contributed by atoms with E-state index in [4.69, 9.17) is 0 Å². The van der Waals surface area contributed by atoms with Crippen LogP contribution in [0.2, 0.25) is 0 Å². The molecule has 0 bridgehead atoms. The van der Waals surface area contributed by atoms with Crippen LogP contribution in [-0.4, -0.2) is 38.1 Å². The van der Waals surface area contributed by atoms with Gasteiger partial charge >= 0.3 is 0 Å². The first kappa shape index (κ1) is 17.3. The Hall–Kier alpha value is -0.0800. The lowest BCUT2D eigenvalue weighted by Crippen LogP contribution is -2.45. The van der Waals surface area contributed by atoms with Crippen molar-refractivity contribution in [3.05, 3.63) is 0 Å². The Bertz CT molecular complexity index is 275. The Morgan fingerprint density at radius 1 is 1.05 bits per heavy atom. The van der Waals surface area contributed by atoms with Crippen molar-refractivity contribution in [2.24, 2.45) is 17.3 Å². The molecule has 2 heteroatoms. The highest BCUT2D eigenvalue weighted by Gasteiger charge is 2.33. The Kier molecular flexibility index (Phi) is 7.01. The van der Waals surface area contributed by atoms with Gasteiger partial charge in [0.1, 0.15) is 0 Å². The van der Waals surface area contributed by atoms with Crippen molar-refractivity contribution in [3.63, 3.8) is 0 Å². The monoisotopic (exact) mass is 294 g/mol. The van der Waals surface area contributed by atoms with Crippen LogP contribution in [0.4, 0.5) is 0 Å². The van der Waals surface area contributed by atoms with E-state index in [1.165, 1.54) is 84.0 Å². The van der Waals surface area contributed by atoms with Gasteiger partial charge in [0.05, 0.1) is 0 Å². The van der Waals surface area contributed by atoms with Gasteiger partial charge in [0.2, 0.25) is 0 Å². The topological polar surface area (TPSA) is 15.3 Å². The van der Waals surface area contributed by atoms with Crippen LogP contribution < -0.4 is 5.32 Å². The summed E-state index contributed by atoms with van der Waals surface area (Å²) < 4.78 is 0. The minimum absolute atomic E-state index is 0.556. The summed E-state index contributed by atoms with van der Waals surface area (Å²) in [5.41, 5.74) is 0.556. The molecule has 0 atom stereocenters. The maximum Gasteiger partial charge on any atom is 0.00472 e. The Morgan fingerprint density at radius 2 is 1.71 bits per heavy atom. The van der Waals surface area contributed by atoms with Crippen molar-refractivity contribution in [2.75, 3.05) is 33.2 Å². The number of rotatable bonds is 8. The van der Waals surface area contributed by atoms with E-state index >= 15 is 0 Å². The molecular weight excluding hydrogens is 256 g/mol. The smallest absolute Gasteiger partial charge is 0.00472 e. The van der Waals surface area contributed by atoms with Crippen LogP contribution in [0.3, 0.4) is 0 Å². The molecule has 2 aliphatic carbocycles. The van der Waals surface area contributed by atoms with E-state index in [1.807, 2.05) is 0 Å². The van der Waals surface area contributed by atoms with Gasteiger partial charge in [-0.2, -0.15) is 0 Å². The molecule has 0 aromatic carbocycles. The molecule has 2 fully saturated rings. The molecule has 0 heterocycles. The number of nitrogens with zero attached hydrogens (tertiary/aromatic N) is 1. The van der Waals surface area contributed by atoms with Gasteiger partial charge in [0.15, 0.2) is 0 Å². The number of hydrogen-bond acceptors (Lipinski definition) is 2. The normalized spacial score (nSPS) is 23.3. The largest absolute Gasteiger partial charge is 0.316 e. The molecule has 0 amide bonds. The SMILES string of the molecule is CC(C)CNCC1(CN(C)CC2CCCC2)CCCCC1. The first-order valence-corrected chi connectivity index (χ1v) is 9.49. The molecule has 2 rings (SSSR count). The molecule has 0 spiro atoms. The summed E-state index contributed by atoms with van der Waals surface area (Å²) in [4.78, 5) is 2.67. The summed E-state index contributed by atoms with van der Waals surface area (Å²) in [5.74, 6) is 1.75. The van der Waals surface area contributed by atoms with Gasteiger partial charge in [-0.05, 0) is 56.5 Å². The third-order valence-electron chi connectivity index (χ3n) is 5.62. The van der Waals surface area contributed by atoms with Crippen molar-refractivity contribution in [3.8, 4) is 0 Å². The highest BCUT2D eigenvalue weighted by molar-refractivity contribution is 4.88. The average molecular weight is 295 g/mol. The predicted octanol–water partition coefficient (Wildman–Crippen LogP) is 4.30. The van der Waals surface area contributed by atoms with Gasteiger partial charge in [-0.15, -0.1) is 0 Å². The van der Waals surface area contributed by atoms with E-state index in [0.29, 0.717) is 5.41 Å². The lowest BCUT2D eigenvalue weighted by atomic mass is 9.73. The zero-order valence-corrected chi connectivity index (χ0v) is 14.8. The van der Waals surface area contributed by atoms with Crippen LogP contribution >= 0.6 is 0 Å². The molecule has 0 saturated heterocycles. The van der Waals surface area contributed by atoms with Crippen molar-refractivity contribution in [1.29, 1.82) is 0 Å². The predicted molar refractivity (Wildman–Crippen MR) is 92.7 cm³/mol. The summed E-state index contributed by atoms with van der Waals surface area (Å²) in [5, 5.41) is 3.77. The molecule has 0 aliphatic heterocycles. The second-order valence-corrected chi connectivity index (χ2v) is 8.43. The second-order valence-electron chi connectivity index (χ2n) is 8.43. The van der Waals surface area contributed by atoms with E-state index in [0.717, 1.165) is 11.8 Å². The molecule has 124 valence electrons. The molecular formula is C19H38N2. The van der Waals surface area contributed by atoms with Gasteiger partial charge in [-0.1, -0.05) is 46.0 Å². The van der Waals surface area contributed by atoms with Crippen LogP contribution in [0.1, 0.15) is 71.6 Å². The first-order chi connectivity index (χ1) is 10.1. The van der Waals surface area contributed by atoms with E-state index < -0.39 is 0 Å². The molecule has 0 unspecified atom stereocenters. The Balaban J connectivity index is 1.82. The molecule has 1 N–H and O–H groups in total. The molecule has 0 aromatic heterocycles. The van der Waals surface area contributed by atoms with Crippen LogP contribution in [0.15, 0.2) is 0 Å². The maximum absolute atomic E-state index is 3.77. The highest BCUT2D eigenvalue weighted by atomic mass is 15.1. The zero-order valence-electron chi connectivity index (χ0n) is 14.8. The van der Waals surface area contributed by atoms with Gasteiger partial charge in [-0.3, -0.25) is 0 Å². The Morgan fingerprint density at radius 3 is 2.33 bits per heavy atom. The second kappa shape index (κ2) is 8.53. The fourth-order valence-corrected chi connectivity index (χ4v) is 4.59. The van der Waals surface area contributed by atoms with Crippen LogP contribution in [-0.2, 0) is 0 Å². The van der Waals surface area contributed by atoms with E-state index in [9.17, 15) is 0 Å². The zero-order chi connectivity index (χ0) is 15.1. The number of hydrogen-bond donors (Lipinski definition) is 1. The summed E-state index contributed by atoms with van der Waals surface area (Å²) in [6.45, 7) is 9.69. The van der Waals surface area contributed by atoms with E-state index in [2.05, 4.69) is 31.1 Å². The third-order valence-corrected chi connectivity index (χ3v) is 5.62. The van der Waals surface area contributed by atoms with Crippen molar-refractivity contribution >= 4 is 0 Å².